The minimum Gasteiger partial charge on any atom is -0.369 e. The van der Waals surface area contributed by atoms with E-state index < -0.39 is 0 Å². The Morgan fingerprint density at radius 2 is 2.04 bits per heavy atom. The van der Waals surface area contributed by atoms with Gasteiger partial charge in [0.25, 0.3) is 0 Å². The third kappa shape index (κ3) is 3.08. The minimum absolute atomic E-state index is 0.0693. The maximum absolute atomic E-state index is 13.7. The summed E-state index contributed by atoms with van der Waals surface area (Å²) in [4.78, 5) is 29.2. The minimum atomic E-state index is -0.349. The number of amides is 3. The van der Waals surface area contributed by atoms with Crippen LogP contribution in [-0.4, -0.2) is 66.9 Å². The van der Waals surface area contributed by atoms with Crippen LogP contribution in [0.5, 0.6) is 0 Å². The van der Waals surface area contributed by atoms with E-state index in [-0.39, 0.29) is 42.2 Å². The van der Waals surface area contributed by atoms with Gasteiger partial charge in [0.15, 0.2) is 0 Å². The standard InChI is InChI=1S/C17H23FN4O2/c1-20(2)17(24)22-8-12-7-21(10-15(19)23)9-14(12)16(22)11-4-3-5-13(18)6-11/h3-6,12,14,16H,7-10H2,1-2H3,(H2,19,23)/t12-,14-,16+/m1/s1. The molecule has 0 aliphatic carbocycles. The monoisotopic (exact) mass is 334 g/mol. The van der Waals surface area contributed by atoms with Crippen LogP contribution >= 0.6 is 0 Å². The molecule has 6 nitrogen and oxygen atoms in total. The van der Waals surface area contributed by atoms with Gasteiger partial charge in [0.1, 0.15) is 5.82 Å². The molecule has 0 aromatic heterocycles. The lowest BCUT2D eigenvalue weighted by Crippen LogP contribution is -2.42. The Morgan fingerprint density at radius 3 is 2.67 bits per heavy atom. The zero-order valence-electron chi connectivity index (χ0n) is 14.0. The second-order valence-electron chi connectivity index (χ2n) is 6.91. The van der Waals surface area contributed by atoms with Crippen LogP contribution in [0.15, 0.2) is 24.3 Å². The predicted molar refractivity (Wildman–Crippen MR) is 87.5 cm³/mol. The SMILES string of the molecule is CN(C)C(=O)N1C[C@H]2CN(CC(N)=O)C[C@H]2[C@@H]1c1cccc(F)c1. The molecule has 2 aliphatic rings. The molecule has 2 heterocycles. The van der Waals surface area contributed by atoms with E-state index >= 15 is 0 Å². The molecule has 0 unspecified atom stereocenters. The van der Waals surface area contributed by atoms with Crippen LogP contribution < -0.4 is 5.73 Å². The predicted octanol–water partition coefficient (Wildman–Crippen LogP) is 0.897. The van der Waals surface area contributed by atoms with Crippen molar-refractivity contribution in [2.75, 3.05) is 40.3 Å². The number of hydrogen-bond acceptors (Lipinski definition) is 3. The molecule has 3 amide bonds. The van der Waals surface area contributed by atoms with Gasteiger partial charge >= 0.3 is 6.03 Å². The number of fused-ring (bicyclic) bond motifs is 1. The van der Waals surface area contributed by atoms with E-state index in [1.165, 1.54) is 12.1 Å². The van der Waals surface area contributed by atoms with Crippen molar-refractivity contribution in [1.29, 1.82) is 0 Å². The Hall–Kier alpha value is -2.15. The first-order chi connectivity index (χ1) is 11.4. The van der Waals surface area contributed by atoms with Crippen molar-refractivity contribution >= 4 is 11.9 Å². The fourth-order valence-corrected chi connectivity index (χ4v) is 4.06. The van der Waals surface area contributed by atoms with Gasteiger partial charge < -0.3 is 15.5 Å². The Kier molecular flexibility index (Phi) is 4.45. The molecule has 0 spiro atoms. The number of primary amides is 1. The smallest absolute Gasteiger partial charge is 0.320 e. The summed E-state index contributed by atoms with van der Waals surface area (Å²) < 4.78 is 13.7. The lowest BCUT2D eigenvalue weighted by Gasteiger charge is -2.31. The maximum Gasteiger partial charge on any atom is 0.320 e. The number of nitrogens with zero attached hydrogens (tertiary/aromatic N) is 3. The van der Waals surface area contributed by atoms with E-state index in [1.54, 1.807) is 25.1 Å². The summed E-state index contributed by atoms with van der Waals surface area (Å²) in [5, 5.41) is 0. The van der Waals surface area contributed by atoms with Crippen LogP contribution in [0.25, 0.3) is 0 Å². The molecule has 2 saturated heterocycles. The summed E-state index contributed by atoms with van der Waals surface area (Å²) in [7, 11) is 3.44. The lowest BCUT2D eigenvalue weighted by molar-refractivity contribution is -0.119. The number of likely N-dealkylation sites (tertiary alicyclic amines) is 2. The average molecular weight is 334 g/mol. The number of hydrogen-bond donors (Lipinski definition) is 1. The highest BCUT2D eigenvalue weighted by Crippen LogP contribution is 2.45. The highest BCUT2D eigenvalue weighted by Gasteiger charge is 2.49. The summed E-state index contributed by atoms with van der Waals surface area (Å²) in [6.07, 6.45) is 0. The Morgan fingerprint density at radius 1 is 1.29 bits per heavy atom. The molecule has 1 aromatic rings. The lowest BCUT2D eigenvalue weighted by atomic mass is 9.89. The fourth-order valence-electron chi connectivity index (χ4n) is 4.06. The number of benzene rings is 1. The molecule has 0 radical (unpaired) electrons. The van der Waals surface area contributed by atoms with Gasteiger partial charge in [-0.15, -0.1) is 0 Å². The van der Waals surface area contributed by atoms with Crippen LogP contribution in [0.4, 0.5) is 9.18 Å². The molecular weight excluding hydrogens is 311 g/mol. The van der Waals surface area contributed by atoms with E-state index in [4.69, 9.17) is 5.73 Å². The van der Waals surface area contributed by atoms with Gasteiger partial charge in [0.2, 0.25) is 5.91 Å². The van der Waals surface area contributed by atoms with E-state index in [9.17, 15) is 14.0 Å². The zero-order valence-corrected chi connectivity index (χ0v) is 14.0. The Labute approximate surface area is 141 Å². The van der Waals surface area contributed by atoms with Crippen LogP contribution in [-0.2, 0) is 4.79 Å². The quantitative estimate of drug-likeness (QED) is 0.893. The number of urea groups is 1. The van der Waals surface area contributed by atoms with E-state index in [0.717, 1.165) is 12.1 Å². The van der Waals surface area contributed by atoms with Gasteiger partial charge in [-0.05, 0) is 23.6 Å². The molecule has 130 valence electrons. The average Bonchev–Trinajstić information content (AvgIpc) is 3.02. The number of carbonyl (C=O) groups is 2. The molecule has 2 aliphatic heterocycles. The summed E-state index contributed by atoms with van der Waals surface area (Å²) >= 11 is 0. The molecule has 2 fully saturated rings. The van der Waals surface area contributed by atoms with Gasteiger partial charge in [-0.25, -0.2) is 9.18 Å². The molecule has 0 saturated carbocycles. The molecule has 0 bridgehead atoms. The molecule has 3 rings (SSSR count). The van der Waals surface area contributed by atoms with E-state index in [1.807, 2.05) is 15.9 Å². The second-order valence-corrected chi connectivity index (χ2v) is 6.91. The van der Waals surface area contributed by atoms with Crippen molar-refractivity contribution in [2.45, 2.75) is 6.04 Å². The first-order valence-corrected chi connectivity index (χ1v) is 8.11. The summed E-state index contributed by atoms with van der Waals surface area (Å²) in [5.41, 5.74) is 6.11. The van der Waals surface area contributed by atoms with Crippen LogP contribution in [0.3, 0.4) is 0 Å². The van der Waals surface area contributed by atoms with Crippen LogP contribution in [0.2, 0.25) is 0 Å². The number of rotatable bonds is 3. The number of carbonyl (C=O) groups excluding carboxylic acids is 2. The summed E-state index contributed by atoms with van der Waals surface area (Å²) in [5.74, 6) is -0.213. The van der Waals surface area contributed by atoms with E-state index in [0.29, 0.717) is 13.1 Å². The topological polar surface area (TPSA) is 69.9 Å². The van der Waals surface area contributed by atoms with Gasteiger partial charge in [0.05, 0.1) is 12.6 Å². The van der Waals surface area contributed by atoms with Crippen LogP contribution in [0.1, 0.15) is 11.6 Å². The molecule has 1 aromatic carbocycles. The Balaban J connectivity index is 1.89. The number of nitrogens with two attached hydrogens (primary N) is 1. The van der Waals surface area contributed by atoms with Crippen molar-refractivity contribution in [2.24, 2.45) is 17.6 Å². The van der Waals surface area contributed by atoms with Crippen molar-refractivity contribution in [3.8, 4) is 0 Å². The normalized spacial score (nSPS) is 26.5. The van der Waals surface area contributed by atoms with Gasteiger partial charge in [-0.3, -0.25) is 9.69 Å². The highest BCUT2D eigenvalue weighted by atomic mass is 19.1. The van der Waals surface area contributed by atoms with Gasteiger partial charge in [-0.2, -0.15) is 0 Å². The third-order valence-electron chi connectivity index (χ3n) is 4.94. The van der Waals surface area contributed by atoms with Crippen molar-refractivity contribution in [1.82, 2.24) is 14.7 Å². The number of halogens is 1. The first kappa shape index (κ1) is 16.7. The zero-order chi connectivity index (χ0) is 17.4. The molecular formula is C17H23FN4O2. The molecule has 7 heteroatoms. The summed E-state index contributed by atoms with van der Waals surface area (Å²) in [6.45, 7) is 2.26. The molecule has 2 N–H and O–H groups in total. The first-order valence-electron chi connectivity index (χ1n) is 8.11. The van der Waals surface area contributed by atoms with Crippen molar-refractivity contribution in [3.05, 3.63) is 35.6 Å². The van der Waals surface area contributed by atoms with E-state index in [2.05, 4.69) is 0 Å². The fraction of sp³-hybridized carbons (Fsp3) is 0.529. The van der Waals surface area contributed by atoms with Crippen molar-refractivity contribution < 1.29 is 14.0 Å². The molecule has 3 atom stereocenters. The van der Waals surface area contributed by atoms with Crippen LogP contribution in [0, 0.1) is 17.7 Å². The highest BCUT2D eigenvalue weighted by molar-refractivity contribution is 5.76. The summed E-state index contributed by atoms with van der Waals surface area (Å²) in [6, 6.07) is 6.19. The van der Waals surface area contributed by atoms with Gasteiger partial charge in [-0.1, -0.05) is 12.1 Å². The third-order valence-corrected chi connectivity index (χ3v) is 4.94. The van der Waals surface area contributed by atoms with Gasteiger partial charge in [0, 0.05) is 39.6 Å². The second kappa shape index (κ2) is 6.39. The largest absolute Gasteiger partial charge is 0.369 e. The Bertz CT molecular complexity index is 651. The molecule has 24 heavy (non-hydrogen) atoms. The van der Waals surface area contributed by atoms with Crippen molar-refractivity contribution in [3.63, 3.8) is 0 Å². The maximum atomic E-state index is 13.7.